The first-order valence-corrected chi connectivity index (χ1v) is 7.59. The average molecular weight is 362 g/mol. The van der Waals surface area contributed by atoms with Crippen molar-refractivity contribution in [2.45, 2.75) is 13.5 Å². The van der Waals surface area contributed by atoms with Gasteiger partial charge in [-0.15, -0.1) is 0 Å². The third-order valence-electron chi connectivity index (χ3n) is 3.59. The zero-order valence-corrected chi connectivity index (χ0v) is 13.8. The van der Waals surface area contributed by atoms with E-state index in [4.69, 9.17) is 5.11 Å². The van der Waals surface area contributed by atoms with Gasteiger partial charge in [0.05, 0.1) is 11.3 Å². The highest BCUT2D eigenvalue weighted by molar-refractivity contribution is 5.96. The number of carbonyl (C=O) groups is 3. The van der Waals surface area contributed by atoms with Crippen LogP contribution in [-0.4, -0.2) is 34.3 Å². The molecule has 2 aromatic rings. The molecule has 0 radical (unpaired) electrons. The van der Waals surface area contributed by atoms with Crippen LogP contribution in [-0.2, 0) is 16.1 Å². The molecule has 6 nitrogen and oxygen atoms in total. The summed E-state index contributed by atoms with van der Waals surface area (Å²) < 4.78 is 27.5. The Bertz CT molecular complexity index is 855. The quantitative estimate of drug-likeness (QED) is 0.827. The molecule has 26 heavy (non-hydrogen) atoms. The average Bonchev–Trinajstić information content (AvgIpc) is 2.57. The normalized spacial score (nSPS) is 10.3. The molecule has 136 valence electrons. The van der Waals surface area contributed by atoms with E-state index in [1.54, 1.807) is 6.07 Å². The number of hydrogen-bond donors (Lipinski definition) is 2. The van der Waals surface area contributed by atoms with Crippen molar-refractivity contribution in [1.82, 2.24) is 4.90 Å². The molecule has 0 atom stereocenters. The van der Waals surface area contributed by atoms with E-state index < -0.39 is 36.0 Å². The van der Waals surface area contributed by atoms with Gasteiger partial charge in [0.15, 0.2) is 0 Å². The minimum atomic E-state index is -1.27. The number of carboxylic acids is 1. The fraction of sp³-hybridized carbons (Fsp3) is 0.167. The van der Waals surface area contributed by atoms with Crippen LogP contribution in [0, 0.1) is 11.6 Å². The highest BCUT2D eigenvalue weighted by Gasteiger charge is 2.17. The van der Waals surface area contributed by atoms with Gasteiger partial charge in [0.25, 0.3) is 0 Å². The van der Waals surface area contributed by atoms with E-state index >= 15 is 0 Å². The number of aromatic carboxylic acids is 1. The SMILES string of the molecule is CC(=O)N(CC(=O)Nc1cc(C(=O)O)ccc1F)Cc1ccccc1F. The monoisotopic (exact) mass is 362 g/mol. The number of nitrogens with zero attached hydrogens (tertiary/aromatic N) is 1. The third kappa shape index (κ3) is 4.85. The lowest BCUT2D eigenvalue weighted by Gasteiger charge is -2.21. The van der Waals surface area contributed by atoms with Crippen molar-refractivity contribution >= 4 is 23.5 Å². The standard InChI is InChI=1S/C18H16F2N2O4/c1-11(23)22(9-13-4-2-3-5-14(13)19)10-17(24)21-16-8-12(18(25)26)6-7-15(16)20/h2-8H,9-10H2,1H3,(H,21,24)(H,25,26). The Labute approximate surface area is 148 Å². The maximum atomic E-state index is 13.8. The van der Waals surface area contributed by atoms with Gasteiger partial charge in [0.2, 0.25) is 11.8 Å². The molecule has 0 fully saturated rings. The molecule has 0 unspecified atom stereocenters. The van der Waals surface area contributed by atoms with Crippen LogP contribution in [0.4, 0.5) is 14.5 Å². The molecule has 8 heteroatoms. The Kier molecular flexibility index (Phi) is 6.00. The van der Waals surface area contributed by atoms with Crippen LogP contribution in [0.2, 0.25) is 0 Å². The second-order valence-corrected chi connectivity index (χ2v) is 5.51. The molecule has 0 aliphatic carbocycles. The predicted molar refractivity (Wildman–Crippen MR) is 89.5 cm³/mol. The minimum Gasteiger partial charge on any atom is -0.478 e. The summed E-state index contributed by atoms with van der Waals surface area (Å²) >= 11 is 0. The molecule has 2 aromatic carbocycles. The van der Waals surface area contributed by atoms with Crippen LogP contribution in [0.1, 0.15) is 22.8 Å². The predicted octanol–water partition coefficient (Wildman–Crippen LogP) is 2.65. The summed E-state index contributed by atoms with van der Waals surface area (Å²) in [6, 6.07) is 8.78. The third-order valence-corrected chi connectivity index (χ3v) is 3.59. The Balaban J connectivity index is 2.11. The summed E-state index contributed by atoms with van der Waals surface area (Å²) in [7, 11) is 0. The molecule has 2 N–H and O–H groups in total. The fourth-order valence-electron chi connectivity index (χ4n) is 2.23. The summed E-state index contributed by atoms with van der Waals surface area (Å²) in [5.41, 5.74) is -0.282. The van der Waals surface area contributed by atoms with E-state index in [-0.39, 0.29) is 23.4 Å². The highest BCUT2D eigenvalue weighted by atomic mass is 19.1. The maximum absolute atomic E-state index is 13.8. The summed E-state index contributed by atoms with van der Waals surface area (Å²) in [5, 5.41) is 11.1. The van der Waals surface area contributed by atoms with Gasteiger partial charge in [-0.1, -0.05) is 18.2 Å². The number of benzene rings is 2. The molecule has 0 aromatic heterocycles. The first-order chi connectivity index (χ1) is 12.3. The topological polar surface area (TPSA) is 86.7 Å². The molecule has 0 aliphatic rings. The second-order valence-electron chi connectivity index (χ2n) is 5.51. The molecule has 0 spiro atoms. The number of carbonyl (C=O) groups excluding carboxylic acids is 2. The Morgan fingerprint density at radius 1 is 1.08 bits per heavy atom. The number of hydrogen-bond acceptors (Lipinski definition) is 3. The fourth-order valence-corrected chi connectivity index (χ4v) is 2.23. The van der Waals surface area contributed by atoms with Crippen molar-refractivity contribution < 1.29 is 28.3 Å². The highest BCUT2D eigenvalue weighted by Crippen LogP contribution is 2.17. The zero-order valence-electron chi connectivity index (χ0n) is 13.8. The first kappa shape index (κ1) is 19.0. The van der Waals surface area contributed by atoms with Crippen LogP contribution >= 0.6 is 0 Å². The van der Waals surface area contributed by atoms with Gasteiger partial charge in [-0.25, -0.2) is 13.6 Å². The van der Waals surface area contributed by atoms with Gasteiger partial charge < -0.3 is 15.3 Å². The number of nitrogens with one attached hydrogen (secondary N) is 1. The van der Waals surface area contributed by atoms with Gasteiger partial charge in [0.1, 0.15) is 18.2 Å². The largest absolute Gasteiger partial charge is 0.478 e. The van der Waals surface area contributed by atoms with Crippen molar-refractivity contribution in [3.05, 3.63) is 65.2 Å². The molecular formula is C18H16F2N2O4. The molecular weight excluding hydrogens is 346 g/mol. The van der Waals surface area contributed by atoms with Crippen LogP contribution < -0.4 is 5.32 Å². The molecule has 0 saturated heterocycles. The van der Waals surface area contributed by atoms with Crippen molar-refractivity contribution in [1.29, 1.82) is 0 Å². The van der Waals surface area contributed by atoms with E-state index in [0.717, 1.165) is 23.1 Å². The molecule has 0 bridgehead atoms. The van der Waals surface area contributed by atoms with Gasteiger partial charge in [-0.3, -0.25) is 9.59 Å². The van der Waals surface area contributed by atoms with Crippen molar-refractivity contribution in [2.24, 2.45) is 0 Å². The zero-order chi connectivity index (χ0) is 19.3. The summed E-state index contributed by atoms with van der Waals surface area (Å²) in [6.07, 6.45) is 0. The second kappa shape index (κ2) is 8.19. The number of anilines is 1. The molecule has 0 saturated carbocycles. The van der Waals surface area contributed by atoms with E-state index in [1.165, 1.54) is 25.1 Å². The molecule has 2 rings (SSSR count). The van der Waals surface area contributed by atoms with E-state index in [1.807, 2.05) is 0 Å². The van der Waals surface area contributed by atoms with Gasteiger partial charge in [0, 0.05) is 19.0 Å². The van der Waals surface area contributed by atoms with Crippen molar-refractivity contribution in [3.63, 3.8) is 0 Å². The number of rotatable bonds is 6. The molecule has 0 aliphatic heterocycles. The molecule has 2 amide bonds. The van der Waals surface area contributed by atoms with Crippen molar-refractivity contribution in [2.75, 3.05) is 11.9 Å². The van der Waals surface area contributed by atoms with E-state index in [2.05, 4.69) is 5.32 Å². The van der Waals surface area contributed by atoms with Crippen LogP contribution in [0.5, 0.6) is 0 Å². The lowest BCUT2D eigenvalue weighted by Crippen LogP contribution is -2.36. The number of halogens is 2. The van der Waals surface area contributed by atoms with E-state index in [0.29, 0.717) is 0 Å². The summed E-state index contributed by atoms with van der Waals surface area (Å²) in [5.74, 6) is -3.81. The number of carboxylic acid groups (broad SMARTS) is 1. The summed E-state index contributed by atoms with van der Waals surface area (Å²) in [4.78, 5) is 35.9. The Morgan fingerprint density at radius 2 is 1.77 bits per heavy atom. The Hall–Kier alpha value is -3.29. The van der Waals surface area contributed by atoms with Crippen LogP contribution in [0.15, 0.2) is 42.5 Å². The first-order valence-electron chi connectivity index (χ1n) is 7.59. The minimum absolute atomic E-state index is 0.132. The molecule has 0 heterocycles. The Morgan fingerprint density at radius 3 is 2.38 bits per heavy atom. The maximum Gasteiger partial charge on any atom is 0.335 e. The van der Waals surface area contributed by atoms with Crippen LogP contribution in [0.3, 0.4) is 0 Å². The van der Waals surface area contributed by atoms with Gasteiger partial charge in [-0.2, -0.15) is 0 Å². The lowest BCUT2D eigenvalue weighted by atomic mass is 10.2. The smallest absolute Gasteiger partial charge is 0.335 e. The summed E-state index contributed by atoms with van der Waals surface area (Å²) in [6.45, 7) is 0.646. The number of amides is 2. The lowest BCUT2D eigenvalue weighted by molar-refractivity contribution is -0.133. The van der Waals surface area contributed by atoms with Gasteiger partial charge in [-0.05, 0) is 24.3 Å². The van der Waals surface area contributed by atoms with E-state index in [9.17, 15) is 23.2 Å². The van der Waals surface area contributed by atoms with Crippen molar-refractivity contribution in [3.8, 4) is 0 Å². The van der Waals surface area contributed by atoms with Gasteiger partial charge >= 0.3 is 5.97 Å². The van der Waals surface area contributed by atoms with Crippen LogP contribution in [0.25, 0.3) is 0 Å².